The van der Waals surface area contributed by atoms with Crippen molar-refractivity contribution in [1.82, 2.24) is 10.2 Å². The number of hydrogen-bond acceptors (Lipinski definition) is 11. The van der Waals surface area contributed by atoms with Gasteiger partial charge in [0.05, 0.1) is 18.2 Å². The van der Waals surface area contributed by atoms with E-state index in [-0.39, 0.29) is 63.3 Å². The van der Waals surface area contributed by atoms with Crippen molar-refractivity contribution in [2.45, 2.75) is 89.2 Å². The number of aliphatic hydroxyl groups excluding tert-OH is 2. The lowest BCUT2D eigenvalue weighted by molar-refractivity contribution is -0.254. The van der Waals surface area contributed by atoms with E-state index in [0.29, 0.717) is 66.6 Å². The topological polar surface area (TPSA) is 158 Å². The number of nitrogens with one attached hydrogen (secondary N) is 1. The molecule has 13 heteroatoms. The maximum Gasteiger partial charge on any atom is 0.412 e. The maximum absolute atomic E-state index is 15.2. The molecule has 0 bridgehead atoms. The van der Waals surface area contributed by atoms with E-state index in [1.807, 2.05) is 84.6 Å². The van der Waals surface area contributed by atoms with Gasteiger partial charge in [0.1, 0.15) is 24.1 Å². The van der Waals surface area contributed by atoms with Crippen LogP contribution in [0.3, 0.4) is 0 Å². The number of amides is 2. The molecule has 1 saturated carbocycles. The molecule has 0 spiro atoms. The molecular weight excluding hydrogens is 839 g/mol. The molecule has 8 rings (SSSR count). The van der Waals surface area contributed by atoms with Gasteiger partial charge in [0, 0.05) is 49.8 Å². The van der Waals surface area contributed by atoms with Crippen molar-refractivity contribution in [3.05, 3.63) is 144 Å². The molecule has 1 fully saturated rings. The van der Waals surface area contributed by atoms with Gasteiger partial charge in [0.25, 0.3) is 5.91 Å². The summed E-state index contributed by atoms with van der Waals surface area (Å²) in [6.45, 7) is 7.33. The van der Waals surface area contributed by atoms with E-state index in [1.165, 1.54) is 0 Å². The quantitative estimate of drug-likeness (QED) is 0.0419. The minimum Gasteiger partial charge on any atom is -0.459 e. The average molecular weight is 900 g/mol. The molecule has 2 aliphatic carbocycles. The van der Waals surface area contributed by atoms with Crippen LogP contribution in [0, 0.1) is 17.8 Å². The first kappa shape index (κ1) is 46.4. The number of nitrogens with zero attached hydrogens (tertiary/aromatic N) is 2. The number of allylic oxidation sites excluding steroid dienone is 1. The van der Waals surface area contributed by atoms with Gasteiger partial charge >= 0.3 is 6.09 Å². The Balaban J connectivity index is 1.28. The minimum absolute atomic E-state index is 0.0186. The molecule has 0 radical (unpaired) electrons. The van der Waals surface area contributed by atoms with Crippen LogP contribution in [0.1, 0.15) is 91.3 Å². The van der Waals surface area contributed by atoms with E-state index in [2.05, 4.69) is 18.0 Å². The van der Waals surface area contributed by atoms with Crippen molar-refractivity contribution < 1.29 is 48.3 Å². The van der Waals surface area contributed by atoms with Crippen molar-refractivity contribution in [1.29, 1.82) is 0 Å². The van der Waals surface area contributed by atoms with E-state index >= 15 is 4.79 Å². The first-order valence-corrected chi connectivity index (χ1v) is 23.3. The van der Waals surface area contributed by atoms with Crippen LogP contribution < -0.4 is 24.3 Å². The van der Waals surface area contributed by atoms with Crippen LogP contribution >= 0.6 is 0 Å². The Hall–Kier alpha value is -6.15. The number of carbonyl (C=O) groups is 2. The highest BCUT2D eigenvalue weighted by atomic mass is 16.7. The van der Waals surface area contributed by atoms with Gasteiger partial charge in [-0.05, 0) is 97.0 Å². The van der Waals surface area contributed by atoms with E-state index in [0.717, 1.165) is 47.9 Å². The maximum atomic E-state index is 15.2. The predicted octanol–water partition coefficient (Wildman–Crippen LogP) is 9.09. The van der Waals surface area contributed by atoms with E-state index in [1.54, 1.807) is 30.3 Å². The van der Waals surface area contributed by atoms with Crippen LogP contribution in [0.15, 0.2) is 127 Å². The molecule has 0 aromatic heterocycles. The normalized spacial score (nSPS) is 22.9. The SMILES string of the molecule is C=CCOC12Oc3ccc(OC(=O)NCc4ccccc4)cc3C3C(CCCCO)C(CCCCO)C=C(C(=NOCc4ccccc4)CC1N(CCC)C(=O)c1ccc4c(c1)OCO4)C32. The molecule has 0 saturated heterocycles. The minimum atomic E-state index is -1.46. The largest absolute Gasteiger partial charge is 0.459 e. The van der Waals surface area contributed by atoms with E-state index in [9.17, 15) is 15.0 Å². The number of rotatable bonds is 21. The van der Waals surface area contributed by atoms with Gasteiger partial charge in [-0.15, -0.1) is 6.58 Å². The standard InChI is InChI=1S/C53H61N3O10/c1-3-25-56(51(59)39-21-23-46-47(30-39)62-35-61-46)48-32-44(55-64-34-37-17-9-6-10-18-37)42-29-38(19-11-13-26-57)41(20-12-14-27-58)49-43-31-40(65-52(60)54-33-36-15-7-5-8-16-36)22-24-45(43)66-53(48,50(42)49)63-28-4-2/h4-10,15-18,21-24,29-31,38,41,48-50,57-58H,2-3,11-14,19-20,25-28,32-35H2,1H3,(H,54,60). The third-order valence-corrected chi connectivity index (χ3v) is 13.1. The molecule has 3 N–H and O–H groups in total. The number of carbonyl (C=O) groups excluding carboxylic acids is 2. The van der Waals surface area contributed by atoms with Crippen LogP contribution in [-0.2, 0) is 22.7 Å². The fourth-order valence-electron chi connectivity index (χ4n) is 10.2. The molecule has 13 nitrogen and oxygen atoms in total. The van der Waals surface area contributed by atoms with Gasteiger partial charge < -0.3 is 49.0 Å². The molecule has 6 unspecified atom stereocenters. The number of benzene rings is 4. The molecule has 2 aliphatic heterocycles. The zero-order valence-corrected chi connectivity index (χ0v) is 37.6. The summed E-state index contributed by atoms with van der Waals surface area (Å²) in [7, 11) is 0. The van der Waals surface area contributed by atoms with Gasteiger partial charge in [0.2, 0.25) is 12.6 Å². The number of ether oxygens (including phenoxy) is 5. The van der Waals surface area contributed by atoms with Crippen molar-refractivity contribution >= 4 is 17.7 Å². The molecule has 2 amide bonds. The Bertz CT molecular complexity index is 2360. The lowest BCUT2D eigenvalue weighted by Crippen LogP contribution is -2.70. The second kappa shape index (κ2) is 21.9. The first-order valence-electron chi connectivity index (χ1n) is 23.3. The summed E-state index contributed by atoms with van der Waals surface area (Å²) in [4.78, 5) is 36.6. The zero-order chi connectivity index (χ0) is 45.9. The summed E-state index contributed by atoms with van der Waals surface area (Å²) < 4.78 is 31.8. The lowest BCUT2D eigenvalue weighted by Gasteiger charge is -2.60. The van der Waals surface area contributed by atoms with Crippen LogP contribution in [-0.4, -0.2) is 77.8 Å². The number of unbranched alkanes of at least 4 members (excludes halogenated alkanes) is 2. The van der Waals surface area contributed by atoms with Gasteiger partial charge in [-0.25, -0.2) is 4.79 Å². The summed E-state index contributed by atoms with van der Waals surface area (Å²) in [6.07, 6.45) is 8.66. The highest BCUT2D eigenvalue weighted by molar-refractivity contribution is 6.03. The number of aliphatic hydroxyl groups is 2. The van der Waals surface area contributed by atoms with Crippen LogP contribution in [0.2, 0.25) is 0 Å². The monoisotopic (exact) mass is 899 g/mol. The Morgan fingerprint density at radius 1 is 0.894 bits per heavy atom. The number of oxime groups is 1. The van der Waals surface area contributed by atoms with E-state index < -0.39 is 23.8 Å². The smallest absolute Gasteiger partial charge is 0.412 e. The zero-order valence-electron chi connectivity index (χ0n) is 37.6. The van der Waals surface area contributed by atoms with Crippen molar-refractivity contribution in [3.63, 3.8) is 0 Å². The highest BCUT2D eigenvalue weighted by Crippen LogP contribution is 2.62. The van der Waals surface area contributed by atoms with Gasteiger partial charge in [0.15, 0.2) is 11.5 Å². The third-order valence-electron chi connectivity index (χ3n) is 13.1. The van der Waals surface area contributed by atoms with Gasteiger partial charge in [-0.3, -0.25) is 4.79 Å². The van der Waals surface area contributed by atoms with Crippen molar-refractivity contribution in [2.24, 2.45) is 22.9 Å². The third kappa shape index (κ3) is 10.1. The summed E-state index contributed by atoms with van der Waals surface area (Å²) in [5, 5.41) is 27.8. The van der Waals surface area contributed by atoms with Gasteiger partial charge in [-0.1, -0.05) is 97.7 Å². The second-order valence-corrected chi connectivity index (χ2v) is 17.3. The van der Waals surface area contributed by atoms with Crippen LogP contribution in [0.5, 0.6) is 23.0 Å². The molecular formula is C53H61N3O10. The first-order chi connectivity index (χ1) is 32.4. The number of fused-ring (bicyclic) bond motifs is 3. The van der Waals surface area contributed by atoms with Crippen molar-refractivity contribution in [3.8, 4) is 23.0 Å². The lowest BCUT2D eigenvalue weighted by atomic mass is 9.55. The fraction of sp³-hybridized carbons (Fsp3) is 0.415. The Morgan fingerprint density at radius 2 is 1.62 bits per heavy atom. The Labute approximate surface area is 387 Å². The van der Waals surface area contributed by atoms with Gasteiger partial charge in [-0.2, -0.15) is 0 Å². The number of hydrogen-bond donors (Lipinski definition) is 3. The molecule has 4 aromatic carbocycles. The molecule has 6 atom stereocenters. The van der Waals surface area contributed by atoms with Crippen LogP contribution in [0.25, 0.3) is 0 Å². The summed E-state index contributed by atoms with van der Waals surface area (Å²) in [5.41, 5.74) is 4.76. The fourth-order valence-corrected chi connectivity index (χ4v) is 10.2. The molecule has 348 valence electrons. The molecule has 66 heavy (non-hydrogen) atoms. The Morgan fingerprint density at radius 3 is 2.36 bits per heavy atom. The summed E-state index contributed by atoms with van der Waals surface area (Å²) in [6, 6.07) is 29.5. The molecule has 4 aromatic rings. The van der Waals surface area contributed by atoms with Crippen molar-refractivity contribution in [2.75, 3.05) is 33.2 Å². The Kier molecular flexibility index (Phi) is 15.4. The predicted molar refractivity (Wildman–Crippen MR) is 249 cm³/mol. The summed E-state index contributed by atoms with van der Waals surface area (Å²) in [5.74, 6) is -0.557. The van der Waals surface area contributed by atoms with E-state index in [4.69, 9.17) is 33.7 Å². The second-order valence-electron chi connectivity index (χ2n) is 17.3. The summed E-state index contributed by atoms with van der Waals surface area (Å²) >= 11 is 0. The highest BCUT2D eigenvalue weighted by Gasteiger charge is 2.65. The molecule has 2 heterocycles. The van der Waals surface area contributed by atoms with Crippen LogP contribution in [0.4, 0.5) is 4.79 Å². The average Bonchev–Trinajstić information content (AvgIpc) is 3.82. The molecule has 4 aliphatic rings.